The number of imidazole rings is 1. The van der Waals surface area contributed by atoms with Crippen molar-refractivity contribution in [3.63, 3.8) is 0 Å². The van der Waals surface area contributed by atoms with Crippen molar-refractivity contribution in [3.05, 3.63) is 60.2 Å². The highest BCUT2D eigenvalue weighted by Gasteiger charge is 2.37. The lowest BCUT2D eigenvalue weighted by Gasteiger charge is -2.30. The number of nitrogens with zero attached hydrogens (tertiary/aromatic N) is 4. The van der Waals surface area contributed by atoms with E-state index < -0.39 is 12.1 Å². The molecule has 0 spiro atoms. The minimum atomic E-state index is -0.653. The van der Waals surface area contributed by atoms with Gasteiger partial charge >= 0.3 is 6.09 Å². The molecule has 2 aromatic carbocycles. The van der Waals surface area contributed by atoms with Crippen molar-refractivity contribution in [1.29, 1.82) is 0 Å². The lowest BCUT2D eigenvalue weighted by molar-refractivity contribution is -0.135. The summed E-state index contributed by atoms with van der Waals surface area (Å²) in [6.45, 7) is 5.62. The van der Waals surface area contributed by atoms with Crippen LogP contribution >= 0.6 is 0 Å². The number of alkyl carbamates (subject to hydrolysis) is 1. The van der Waals surface area contributed by atoms with Gasteiger partial charge in [0.05, 0.1) is 25.0 Å². The SMILES string of the molecule is COC(=O)N[C@H](C(=O)N1CCC[C@H]1c1ncc(-c2ccc3cc(C4=CN=C([C@@H]5CCCN5C)C4)ccc3c2)[nH]1)C(C)C. The van der Waals surface area contributed by atoms with Crippen molar-refractivity contribution in [2.24, 2.45) is 10.9 Å². The number of hydrogen-bond acceptors (Lipinski definition) is 6. The highest BCUT2D eigenvalue weighted by atomic mass is 16.5. The molecule has 3 aromatic rings. The van der Waals surface area contributed by atoms with E-state index in [0.29, 0.717) is 12.6 Å². The predicted octanol–water partition coefficient (Wildman–Crippen LogP) is 5.55. The van der Waals surface area contributed by atoms with Gasteiger partial charge in [0.25, 0.3) is 0 Å². The van der Waals surface area contributed by atoms with Crippen LogP contribution in [0.4, 0.5) is 4.79 Å². The lowest BCUT2D eigenvalue weighted by Crippen LogP contribution is -2.51. The molecule has 0 unspecified atom stereocenters. The monoisotopic (exact) mass is 568 g/mol. The van der Waals surface area contributed by atoms with Gasteiger partial charge in [-0.15, -0.1) is 0 Å². The van der Waals surface area contributed by atoms with Crippen LogP contribution in [0.3, 0.4) is 0 Å². The highest BCUT2D eigenvalue weighted by molar-refractivity contribution is 6.02. The molecule has 0 radical (unpaired) electrons. The Hall–Kier alpha value is -3.98. The van der Waals surface area contributed by atoms with Gasteiger partial charge in [0, 0.05) is 36.5 Å². The zero-order valence-electron chi connectivity index (χ0n) is 24.9. The van der Waals surface area contributed by atoms with Gasteiger partial charge in [-0.3, -0.25) is 14.7 Å². The number of aliphatic imine (C=N–C) groups is 1. The number of aromatic amines is 1. The van der Waals surface area contributed by atoms with Gasteiger partial charge in [-0.1, -0.05) is 38.1 Å². The second kappa shape index (κ2) is 11.7. The third kappa shape index (κ3) is 5.45. The van der Waals surface area contributed by atoms with E-state index >= 15 is 0 Å². The van der Waals surface area contributed by atoms with E-state index in [9.17, 15) is 9.59 Å². The Kier molecular flexibility index (Phi) is 7.86. The van der Waals surface area contributed by atoms with Crippen molar-refractivity contribution in [3.8, 4) is 11.3 Å². The molecule has 3 aliphatic heterocycles. The van der Waals surface area contributed by atoms with Crippen LogP contribution in [0, 0.1) is 5.92 Å². The maximum Gasteiger partial charge on any atom is 0.407 e. The quantitative estimate of drug-likeness (QED) is 0.389. The first-order valence-corrected chi connectivity index (χ1v) is 15.0. The number of rotatable bonds is 7. The topological polar surface area (TPSA) is 103 Å². The van der Waals surface area contributed by atoms with Crippen LogP contribution in [-0.2, 0) is 9.53 Å². The van der Waals surface area contributed by atoms with Crippen LogP contribution in [0.1, 0.15) is 63.4 Å². The van der Waals surface area contributed by atoms with Crippen molar-refractivity contribution in [2.45, 2.75) is 64.1 Å². The largest absolute Gasteiger partial charge is 0.453 e. The second-order valence-electron chi connectivity index (χ2n) is 12.1. The number of carbonyl (C=O) groups is 2. The van der Waals surface area contributed by atoms with E-state index in [2.05, 4.69) is 64.8 Å². The Morgan fingerprint density at radius 1 is 1.02 bits per heavy atom. The van der Waals surface area contributed by atoms with Crippen LogP contribution in [0.25, 0.3) is 27.6 Å². The number of benzene rings is 2. The van der Waals surface area contributed by atoms with Gasteiger partial charge in [-0.25, -0.2) is 9.78 Å². The molecule has 0 saturated carbocycles. The van der Waals surface area contributed by atoms with Gasteiger partial charge in [-0.05, 0) is 79.2 Å². The molecule has 0 bridgehead atoms. The molecule has 2 fully saturated rings. The highest BCUT2D eigenvalue weighted by Crippen LogP contribution is 2.34. The molecule has 2 amide bonds. The summed E-state index contributed by atoms with van der Waals surface area (Å²) in [5.74, 6) is 0.586. The zero-order chi connectivity index (χ0) is 29.4. The van der Waals surface area contributed by atoms with Gasteiger partial charge < -0.3 is 19.9 Å². The number of amides is 2. The van der Waals surface area contributed by atoms with Crippen molar-refractivity contribution >= 4 is 34.1 Å². The van der Waals surface area contributed by atoms with Gasteiger partial charge in [0.1, 0.15) is 11.9 Å². The smallest absolute Gasteiger partial charge is 0.407 e. The fraction of sp³-hybridized carbons (Fsp3) is 0.455. The molecular formula is C33H40N6O3. The Morgan fingerprint density at radius 2 is 1.74 bits per heavy atom. The first-order valence-electron chi connectivity index (χ1n) is 15.0. The van der Waals surface area contributed by atoms with Gasteiger partial charge in [0.15, 0.2) is 0 Å². The van der Waals surface area contributed by atoms with E-state index in [4.69, 9.17) is 14.7 Å². The molecule has 4 heterocycles. The van der Waals surface area contributed by atoms with Crippen molar-refractivity contribution in [1.82, 2.24) is 25.1 Å². The normalized spacial score (nSPS) is 21.6. The minimum absolute atomic E-state index is 0.0725. The third-order valence-electron chi connectivity index (χ3n) is 9.02. The third-order valence-corrected chi connectivity index (χ3v) is 9.02. The molecule has 0 aliphatic carbocycles. The number of allylic oxidation sites excluding steroid dienone is 1. The number of H-pyrrole nitrogens is 1. The van der Waals surface area contributed by atoms with E-state index in [0.717, 1.165) is 48.3 Å². The molecule has 2 N–H and O–H groups in total. The standard InChI is InChI=1S/C33H40N6O3/c1-20(2)30(37-33(41)42-4)32(40)39-14-6-8-29(39)31-35-19-27(36-31)24-12-11-21-15-23(10-9-22(21)16-24)25-17-26(34-18-25)28-7-5-13-38(28)3/h9-12,15-16,18-20,28-30H,5-8,13-14,17H2,1-4H3,(H,35,36)(H,37,41)/t28-,29-,30-/m0/s1. The maximum absolute atomic E-state index is 13.5. The lowest BCUT2D eigenvalue weighted by atomic mass is 9.96. The fourth-order valence-corrected chi connectivity index (χ4v) is 6.62. The van der Waals surface area contributed by atoms with Crippen LogP contribution in [0.2, 0.25) is 0 Å². The van der Waals surface area contributed by atoms with Gasteiger partial charge in [0.2, 0.25) is 5.91 Å². The Morgan fingerprint density at radius 3 is 2.45 bits per heavy atom. The summed E-state index contributed by atoms with van der Waals surface area (Å²) in [6.07, 6.45) is 8.37. The average molecular weight is 569 g/mol. The average Bonchev–Trinajstić information content (AvgIpc) is 3.81. The number of methoxy groups -OCH3 is 1. The first kappa shape index (κ1) is 28.2. The number of fused-ring (bicyclic) bond motifs is 1. The van der Waals surface area contributed by atoms with Crippen LogP contribution in [0.5, 0.6) is 0 Å². The summed E-state index contributed by atoms with van der Waals surface area (Å²) in [5, 5.41) is 5.06. The number of ether oxygens (including phenoxy) is 1. The molecule has 9 nitrogen and oxygen atoms in total. The Labute approximate surface area is 247 Å². The maximum atomic E-state index is 13.5. The molecule has 2 saturated heterocycles. The number of carbonyl (C=O) groups excluding carboxylic acids is 2. The van der Waals surface area contributed by atoms with E-state index in [1.54, 1.807) is 0 Å². The fourth-order valence-electron chi connectivity index (χ4n) is 6.62. The molecular weight excluding hydrogens is 528 g/mol. The molecule has 9 heteroatoms. The van der Waals surface area contributed by atoms with Crippen LogP contribution < -0.4 is 5.32 Å². The van der Waals surface area contributed by atoms with Crippen LogP contribution in [-0.4, -0.2) is 76.8 Å². The Bertz CT molecular complexity index is 1560. The number of aromatic nitrogens is 2. The van der Waals surface area contributed by atoms with Crippen molar-refractivity contribution in [2.75, 3.05) is 27.2 Å². The van der Waals surface area contributed by atoms with Gasteiger partial charge in [-0.2, -0.15) is 0 Å². The molecule has 42 heavy (non-hydrogen) atoms. The van der Waals surface area contributed by atoms with E-state index in [1.807, 2.05) is 24.9 Å². The Balaban J connectivity index is 1.16. The predicted molar refractivity (Wildman–Crippen MR) is 165 cm³/mol. The van der Waals surface area contributed by atoms with Crippen molar-refractivity contribution < 1.29 is 14.3 Å². The zero-order valence-corrected chi connectivity index (χ0v) is 24.9. The minimum Gasteiger partial charge on any atom is -0.453 e. The number of hydrogen-bond donors (Lipinski definition) is 2. The number of likely N-dealkylation sites (tertiary alicyclic amines) is 2. The molecule has 220 valence electrons. The summed E-state index contributed by atoms with van der Waals surface area (Å²) < 4.78 is 4.75. The molecule has 1 aromatic heterocycles. The van der Waals surface area contributed by atoms with E-state index in [-0.39, 0.29) is 17.9 Å². The molecule has 6 rings (SSSR count). The molecule has 3 aliphatic rings. The summed E-state index contributed by atoms with van der Waals surface area (Å²) in [7, 11) is 3.50. The molecule has 3 atom stereocenters. The summed E-state index contributed by atoms with van der Waals surface area (Å²) >= 11 is 0. The summed E-state index contributed by atoms with van der Waals surface area (Å²) in [5.41, 5.74) is 5.77. The first-order chi connectivity index (χ1) is 20.3. The van der Waals surface area contributed by atoms with Crippen LogP contribution in [0.15, 0.2) is 53.8 Å². The van der Waals surface area contributed by atoms with E-state index in [1.165, 1.54) is 42.2 Å². The second-order valence-corrected chi connectivity index (χ2v) is 12.1. The number of nitrogens with one attached hydrogen (secondary N) is 2. The summed E-state index contributed by atoms with van der Waals surface area (Å²) in [6, 6.07) is 12.8. The summed E-state index contributed by atoms with van der Waals surface area (Å²) in [4.78, 5) is 42.6.